The zero-order valence-electron chi connectivity index (χ0n) is 15.1. The van der Waals surface area contributed by atoms with Crippen molar-refractivity contribution in [1.82, 2.24) is 29.6 Å². The second kappa shape index (κ2) is 7.82. The number of ether oxygens (including phenoxy) is 1. The average Bonchev–Trinajstić information content (AvgIpc) is 3.44. The summed E-state index contributed by atoms with van der Waals surface area (Å²) in [5.74, 6) is 1.23. The van der Waals surface area contributed by atoms with Gasteiger partial charge in [-0.1, -0.05) is 41.1 Å². The third-order valence-corrected chi connectivity index (χ3v) is 5.43. The monoisotopic (exact) mass is 444 g/mol. The van der Waals surface area contributed by atoms with Crippen LogP contribution in [0.2, 0.25) is 5.02 Å². The van der Waals surface area contributed by atoms with Crippen LogP contribution in [0.4, 0.5) is 0 Å². The number of halogens is 2. The quantitative estimate of drug-likeness (QED) is 0.398. The Kier molecular flexibility index (Phi) is 5.23. The van der Waals surface area contributed by atoms with Crippen LogP contribution in [0.5, 0.6) is 5.75 Å². The summed E-state index contributed by atoms with van der Waals surface area (Å²) in [5.41, 5.74) is 2.63. The summed E-state index contributed by atoms with van der Waals surface area (Å²) in [6.45, 7) is 0. The Hall–Kier alpha value is -2.94. The molecule has 3 aromatic heterocycles. The maximum absolute atomic E-state index is 6.16. The van der Waals surface area contributed by atoms with Crippen LogP contribution in [0.3, 0.4) is 0 Å². The van der Waals surface area contributed by atoms with Crippen LogP contribution in [-0.2, 0) is 0 Å². The highest BCUT2D eigenvalue weighted by Gasteiger charge is 2.18. The van der Waals surface area contributed by atoms with Gasteiger partial charge in [0, 0.05) is 11.2 Å². The van der Waals surface area contributed by atoms with Crippen LogP contribution in [0.1, 0.15) is 0 Å². The molecule has 5 rings (SSSR count). The highest BCUT2D eigenvalue weighted by molar-refractivity contribution is 7.19. The lowest BCUT2D eigenvalue weighted by molar-refractivity contribution is 0.416. The Morgan fingerprint density at radius 3 is 2.69 bits per heavy atom. The Bertz CT molecular complexity index is 1280. The van der Waals surface area contributed by atoms with Gasteiger partial charge >= 0.3 is 0 Å². The van der Waals surface area contributed by atoms with E-state index in [0.717, 1.165) is 21.8 Å². The first-order valence-electron chi connectivity index (χ1n) is 8.39. The fraction of sp³-hybridized carbons (Fsp3) is 0.0526. The summed E-state index contributed by atoms with van der Waals surface area (Å²) in [5, 5.41) is 19.0. The van der Waals surface area contributed by atoms with Gasteiger partial charge in [-0.05, 0) is 30.3 Å². The van der Waals surface area contributed by atoms with Gasteiger partial charge in [-0.25, -0.2) is 4.68 Å². The van der Waals surface area contributed by atoms with Crippen LogP contribution < -0.4 is 4.74 Å². The summed E-state index contributed by atoms with van der Waals surface area (Å²) < 4.78 is 8.96. The maximum Gasteiger partial charge on any atom is 0.235 e. The molecule has 0 saturated heterocycles. The number of aromatic nitrogens is 6. The van der Waals surface area contributed by atoms with E-state index in [1.54, 1.807) is 36.0 Å². The normalized spacial score (nSPS) is 10.8. The van der Waals surface area contributed by atoms with Crippen LogP contribution in [-0.4, -0.2) is 36.7 Å². The third kappa shape index (κ3) is 3.46. The van der Waals surface area contributed by atoms with Gasteiger partial charge in [0.05, 0.1) is 30.1 Å². The number of nitrogens with zero attached hydrogens (tertiary/aromatic N) is 6. The summed E-state index contributed by atoms with van der Waals surface area (Å²) in [7, 11) is 1.61. The van der Waals surface area contributed by atoms with E-state index in [1.807, 2.05) is 41.2 Å². The molecule has 0 N–H and O–H groups in total. The molecule has 0 spiro atoms. The maximum atomic E-state index is 6.16. The van der Waals surface area contributed by atoms with Gasteiger partial charge in [-0.2, -0.15) is 14.7 Å². The minimum Gasteiger partial charge on any atom is -0.496 e. The number of methoxy groups -OCH3 is 1. The first-order valence-corrected chi connectivity index (χ1v) is 9.59. The first-order chi connectivity index (χ1) is 13.7. The fourth-order valence-corrected chi connectivity index (χ4v) is 3.90. The van der Waals surface area contributed by atoms with Crippen LogP contribution >= 0.6 is 35.3 Å². The van der Waals surface area contributed by atoms with E-state index in [9.17, 15) is 0 Å². The lowest BCUT2D eigenvalue weighted by Crippen LogP contribution is -1.94. The summed E-state index contributed by atoms with van der Waals surface area (Å²) in [4.78, 5) is 0.680. The van der Waals surface area contributed by atoms with Crippen molar-refractivity contribution < 1.29 is 4.74 Å². The van der Waals surface area contributed by atoms with Crippen molar-refractivity contribution in [2.75, 3.05) is 7.11 Å². The highest BCUT2D eigenvalue weighted by atomic mass is 35.5. The molecule has 0 bridgehead atoms. The number of rotatable bonds is 4. The van der Waals surface area contributed by atoms with Crippen molar-refractivity contribution in [3.63, 3.8) is 0 Å². The lowest BCUT2D eigenvalue weighted by Gasteiger charge is -2.06. The van der Waals surface area contributed by atoms with Crippen molar-refractivity contribution in [3.05, 3.63) is 65.9 Å². The number of para-hydroxylation sites is 1. The Morgan fingerprint density at radius 2 is 1.90 bits per heavy atom. The predicted octanol–water partition coefficient (Wildman–Crippen LogP) is 4.79. The minimum absolute atomic E-state index is 0. The summed E-state index contributed by atoms with van der Waals surface area (Å²) in [6.07, 6.45) is 3.74. The summed E-state index contributed by atoms with van der Waals surface area (Å²) in [6, 6.07) is 15.3. The van der Waals surface area contributed by atoms with Crippen molar-refractivity contribution in [2.45, 2.75) is 0 Å². The number of fused-ring (bicyclic) bond motifs is 1. The molecule has 7 nitrogen and oxygen atoms in total. The lowest BCUT2D eigenvalue weighted by atomic mass is 10.2. The van der Waals surface area contributed by atoms with Crippen molar-refractivity contribution in [1.29, 1.82) is 0 Å². The molecule has 0 aliphatic carbocycles. The van der Waals surface area contributed by atoms with E-state index in [4.69, 9.17) is 16.3 Å². The molecule has 29 heavy (non-hydrogen) atoms. The third-order valence-electron chi connectivity index (χ3n) is 4.24. The Balaban J connectivity index is 0.00000205. The SMILES string of the molecule is COc1ccc(Cl)cc1-c1nnc2sc(-c3cnn(-c4ccccc4)c3)nn12.Cl. The molecule has 5 aromatic rings. The smallest absolute Gasteiger partial charge is 0.235 e. The molecule has 10 heteroatoms. The van der Waals surface area contributed by atoms with Crippen LogP contribution in [0.25, 0.3) is 32.6 Å². The second-order valence-electron chi connectivity index (χ2n) is 5.98. The molecule has 0 amide bonds. The van der Waals surface area contributed by atoms with Crippen molar-refractivity contribution >= 4 is 40.3 Å². The Morgan fingerprint density at radius 1 is 1.07 bits per heavy atom. The zero-order chi connectivity index (χ0) is 19.1. The fourth-order valence-electron chi connectivity index (χ4n) is 2.91. The highest BCUT2D eigenvalue weighted by Crippen LogP contribution is 2.33. The van der Waals surface area contributed by atoms with Gasteiger partial charge in [-0.3, -0.25) is 0 Å². The van der Waals surface area contributed by atoms with E-state index in [2.05, 4.69) is 20.4 Å². The van der Waals surface area contributed by atoms with E-state index in [0.29, 0.717) is 21.6 Å². The molecule has 0 atom stereocenters. The van der Waals surface area contributed by atoms with Crippen LogP contribution in [0, 0.1) is 0 Å². The van der Waals surface area contributed by atoms with Crippen molar-refractivity contribution in [2.24, 2.45) is 0 Å². The number of benzene rings is 2. The molecule has 0 aliphatic rings. The molecule has 0 radical (unpaired) electrons. The predicted molar refractivity (Wildman–Crippen MR) is 115 cm³/mol. The number of hydrogen-bond acceptors (Lipinski definition) is 6. The standard InChI is InChI=1S/C19H13ClN6OS.ClH/c1-27-16-8-7-13(20)9-15(16)17-22-23-19-26(17)24-18(28-19)12-10-21-25(11-12)14-5-3-2-4-6-14;/h2-11H,1H3;1H. The first kappa shape index (κ1) is 19.4. The van der Waals surface area contributed by atoms with Crippen molar-refractivity contribution in [3.8, 4) is 33.4 Å². The molecule has 0 saturated carbocycles. The van der Waals surface area contributed by atoms with Gasteiger partial charge in [0.15, 0.2) is 10.8 Å². The second-order valence-corrected chi connectivity index (χ2v) is 7.37. The molecule has 0 aliphatic heterocycles. The largest absolute Gasteiger partial charge is 0.496 e. The van der Waals surface area contributed by atoms with Gasteiger partial charge in [0.25, 0.3) is 0 Å². The van der Waals surface area contributed by atoms with Gasteiger partial charge in [-0.15, -0.1) is 22.6 Å². The molecule has 0 fully saturated rings. The van der Waals surface area contributed by atoms with E-state index < -0.39 is 0 Å². The van der Waals surface area contributed by atoms with E-state index >= 15 is 0 Å². The molecule has 2 aromatic carbocycles. The molecule has 3 heterocycles. The van der Waals surface area contributed by atoms with Crippen LogP contribution in [0.15, 0.2) is 60.9 Å². The van der Waals surface area contributed by atoms with Gasteiger partial charge in [0.2, 0.25) is 4.96 Å². The number of hydrogen-bond donors (Lipinski definition) is 0. The van der Waals surface area contributed by atoms with E-state index in [1.165, 1.54) is 11.3 Å². The molecule has 0 unspecified atom stereocenters. The molecule has 146 valence electrons. The molecular formula is C19H14Cl2N6OS. The zero-order valence-corrected chi connectivity index (χ0v) is 17.4. The summed E-state index contributed by atoms with van der Waals surface area (Å²) >= 11 is 7.61. The van der Waals surface area contributed by atoms with Gasteiger partial charge in [0.1, 0.15) is 5.75 Å². The van der Waals surface area contributed by atoms with E-state index in [-0.39, 0.29) is 12.4 Å². The molecular weight excluding hydrogens is 431 g/mol. The Labute approximate surface area is 180 Å². The van der Waals surface area contributed by atoms with Gasteiger partial charge < -0.3 is 4.74 Å². The average molecular weight is 445 g/mol. The topological polar surface area (TPSA) is 70.1 Å². The minimum atomic E-state index is 0.